The van der Waals surface area contributed by atoms with Gasteiger partial charge in [-0.05, 0) is 18.2 Å². The summed E-state index contributed by atoms with van der Waals surface area (Å²) in [6.45, 7) is 1.99. The predicted molar refractivity (Wildman–Crippen MR) is 112 cm³/mol. The van der Waals surface area contributed by atoms with Crippen molar-refractivity contribution in [1.29, 1.82) is 0 Å². The summed E-state index contributed by atoms with van der Waals surface area (Å²) in [5.74, 6) is -0.221. The van der Waals surface area contributed by atoms with Crippen molar-refractivity contribution in [3.63, 3.8) is 0 Å². The van der Waals surface area contributed by atoms with Gasteiger partial charge in [-0.25, -0.2) is 4.39 Å². The minimum atomic E-state index is -0.531. The largest absolute Gasteiger partial charge is 0.495 e. The highest BCUT2D eigenvalue weighted by Crippen LogP contribution is 2.35. The molecule has 3 rings (SSSR count). The van der Waals surface area contributed by atoms with Crippen molar-refractivity contribution < 1.29 is 23.5 Å². The van der Waals surface area contributed by atoms with Crippen LogP contribution in [-0.2, 0) is 4.79 Å². The van der Waals surface area contributed by atoms with E-state index in [2.05, 4.69) is 5.32 Å². The molecular formula is C21H23ClFN3O4. The topological polar surface area (TPSA) is 71.1 Å². The number of hydrogen-bond acceptors (Lipinski definition) is 5. The minimum absolute atomic E-state index is 0.0622. The van der Waals surface area contributed by atoms with Crippen molar-refractivity contribution in [2.75, 3.05) is 52.3 Å². The summed E-state index contributed by atoms with van der Waals surface area (Å²) < 4.78 is 24.3. The number of nitrogens with one attached hydrogen (secondary N) is 1. The Bertz CT molecular complexity index is 932. The molecule has 0 saturated carbocycles. The zero-order chi connectivity index (χ0) is 21.7. The fourth-order valence-electron chi connectivity index (χ4n) is 3.26. The van der Waals surface area contributed by atoms with Gasteiger partial charge in [0.1, 0.15) is 17.3 Å². The second-order valence-corrected chi connectivity index (χ2v) is 7.19. The van der Waals surface area contributed by atoms with Gasteiger partial charge in [-0.1, -0.05) is 23.7 Å². The molecule has 7 nitrogen and oxygen atoms in total. The molecule has 1 heterocycles. The first-order chi connectivity index (χ1) is 14.4. The Balaban J connectivity index is 1.55. The van der Waals surface area contributed by atoms with Crippen LogP contribution in [0.25, 0.3) is 0 Å². The van der Waals surface area contributed by atoms with Gasteiger partial charge in [-0.15, -0.1) is 0 Å². The average molecular weight is 436 g/mol. The molecule has 2 aromatic rings. The zero-order valence-corrected chi connectivity index (χ0v) is 17.5. The van der Waals surface area contributed by atoms with Crippen LogP contribution in [0.3, 0.4) is 0 Å². The minimum Gasteiger partial charge on any atom is -0.495 e. The quantitative estimate of drug-likeness (QED) is 0.755. The summed E-state index contributed by atoms with van der Waals surface area (Å²) in [7, 11) is 2.99. The van der Waals surface area contributed by atoms with Crippen LogP contribution in [0.2, 0.25) is 5.02 Å². The molecule has 1 aliphatic heterocycles. The maximum atomic E-state index is 13.9. The van der Waals surface area contributed by atoms with E-state index in [9.17, 15) is 14.0 Å². The van der Waals surface area contributed by atoms with E-state index in [1.165, 1.54) is 26.4 Å². The number of rotatable bonds is 6. The molecule has 0 spiro atoms. The van der Waals surface area contributed by atoms with Crippen LogP contribution in [0.15, 0.2) is 36.4 Å². The molecule has 30 heavy (non-hydrogen) atoms. The van der Waals surface area contributed by atoms with Gasteiger partial charge < -0.3 is 19.7 Å². The predicted octanol–water partition coefficient (Wildman–Crippen LogP) is 2.89. The van der Waals surface area contributed by atoms with Crippen molar-refractivity contribution >= 4 is 29.1 Å². The van der Waals surface area contributed by atoms with E-state index < -0.39 is 5.82 Å². The first-order valence-electron chi connectivity index (χ1n) is 9.40. The van der Waals surface area contributed by atoms with Crippen molar-refractivity contribution in [2.45, 2.75) is 0 Å². The maximum absolute atomic E-state index is 13.9. The maximum Gasteiger partial charge on any atom is 0.256 e. The van der Waals surface area contributed by atoms with Crippen LogP contribution in [0, 0.1) is 5.82 Å². The summed E-state index contributed by atoms with van der Waals surface area (Å²) in [5, 5.41) is 3.15. The molecule has 2 amide bonds. The molecule has 0 aromatic heterocycles. The fraction of sp³-hybridized carbons (Fsp3) is 0.333. The van der Waals surface area contributed by atoms with Crippen molar-refractivity contribution in [3.8, 4) is 11.5 Å². The standard InChI is InChI=1S/C21H23ClFN3O4/c1-29-18-12-19(30-2)17(11-15(18)22)24-20(27)13-25-7-9-26(10-8-25)21(28)14-5-3-4-6-16(14)23/h3-6,11-12H,7-10,13H2,1-2H3,(H,24,27). The zero-order valence-electron chi connectivity index (χ0n) is 16.8. The van der Waals surface area contributed by atoms with Gasteiger partial charge in [0.2, 0.25) is 5.91 Å². The smallest absolute Gasteiger partial charge is 0.256 e. The van der Waals surface area contributed by atoms with Crippen LogP contribution in [0.5, 0.6) is 11.5 Å². The highest BCUT2D eigenvalue weighted by Gasteiger charge is 2.25. The van der Waals surface area contributed by atoms with E-state index >= 15 is 0 Å². The van der Waals surface area contributed by atoms with Gasteiger partial charge in [-0.2, -0.15) is 0 Å². The summed E-state index contributed by atoms with van der Waals surface area (Å²) >= 11 is 6.13. The number of halogens is 2. The van der Waals surface area contributed by atoms with Gasteiger partial charge in [0.25, 0.3) is 5.91 Å². The van der Waals surface area contributed by atoms with Crippen LogP contribution < -0.4 is 14.8 Å². The third kappa shape index (κ3) is 5.01. The highest BCUT2D eigenvalue weighted by molar-refractivity contribution is 6.32. The SMILES string of the molecule is COc1cc(OC)c(NC(=O)CN2CCN(C(=O)c3ccccc3F)CC2)cc1Cl. The molecule has 160 valence electrons. The number of piperazine rings is 1. The first-order valence-corrected chi connectivity index (χ1v) is 9.78. The lowest BCUT2D eigenvalue weighted by Crippen LogP contribution is -2.50. The third-order valence-corrected chi connectivity index (χ3v) is 5.17. The Labute approximate surface area is 179 Å². The summed E-state index contributed by atoms with van der Waals surface area (Å²) in [4.78, 5) is 28.5. The first kappa shape index (κ1) is 21.9. The Hall–Kier alpha value is -2.84. The molecule has 1 fully saturated rings. The van der Waals surface area contributed by atoms with Gasteiger partial charge >= 0.3 is 0 Å². The molecule has 0 atom stereocenters. The number of hydrogen-bond donors (Lipinski definition) is 1. The van der Waals surface area contributed by atoms with E-state index in [1.54, 1.807) is 29.2 Å². The number of amides is 2. The summed E-state index contributed by atoms with van der Waals surface area (Å²) in [5.41, 5.74) is 0.508. The number of carbonyl (C=O) groups excluding carboxylic acids is 2. The molecule has 1 saturated heterocycles. The second-order valence-electron chi connectivity index (χ2n) is 6.78. The highest BCUT2D eigenvalue weighted by atomic mass is 35.5. The Morgan fingerprint density at radius 1 is 1.07 bits per heavy atom. The Morgan fingerprint density at radius 3 is 2.37 bits per heavy atom. The van der Waals surface area contributed by atoms with E-state index in [0.29, 0.717) is 48.4 Å². The average Bonchev–Trinajstić information content (AvgIpc) is 2.74. The van der Waals surface area contributed by atoms with Gasteiger partial charge in [0, 0.05) is 32.2 Å². The lowest BCUT2D eigenvalue weighted by molar-refractivity contribution is -0.117. The molecule has 0 unspecified atom stereocenters. The van der Waals surface area contributed by atoms with E-state index in [4.69, 9.17) is 21.1 Å². The molecule has 1 N–H and O–H groups in total. The normalized spacial score (nSPS) is 14.3. The monoisotopic (exact) mass is 435 g/mol. The van der Waals surface area contributed by atoms with Crippen molar-refractivity contribution in [1.82, 2.24) is 9.80 Å². The lowest BCUT2D eigenvalue weighted by Gasteiger charge is -2.34. The molecule has 0 bridgehead atoms. The van der Waals surface area contributed by atoms with Gasteiger partial charge in [0.15, 0.2) is 0 Å². The van der Waals surface area contributed by atoms with Gasteiger partial charge in [0.05, 0.1) is 37.0 Å². The number of nitrogens with zero attached hydrogens (tertiary/aromatic N) is 2. The number of carbonyl (C=O) groups is 2. The number of methoxy groups -OCH3 is 2. The van der Waals surface area contributed by atoms with Crippen LogP contribution in [-0.4, -0.2) is 68.6 Å². The summed E-state index contributed by atoms with van der Waals surface area (Å²) in [6, 6.07) is 9.11. The number of benzene rings is 2. The molecular weight excluding hydrogens is 413 g/mol. The Morgan fingerprint density at radius 2 is 1.73 bits per heavy atom. The van der Waals surface area contributed by atoms with Crippen molar-refractivity contribution in [2.24, 2.45) is 0 Å². The van der Waals surface area contributed by atoms with Gasteiger partial charge in [-0.3, -0.25) is 14.5 Å². The lowest BCUT2D eigenvalue weighted by atomic mass is 10.1. The van der Waals surface area contributed by atoms with Crippen LogP contribution in [0.1, 0.15) is 10.4 Å². The van der Waals surface area contributed by atoms with E-state index in [1.807, 2.05) is 4.90 Å². The number of anilines is 1. The van der Waals surface area contributed by atoms with E-state index in [-0.39, 0.29) is 23.9 Å². The van der Waals surface area contributed by atoms with Crippen molar-refractivity contribution in [3.05, 3.63) is 52.8 Å². The second kappa shape index (κ2) is 9.77. The molecule has 0 aliphatic carbocycles. The molecule has 9 heteroatoms. The summed E-state index contributed by atoms with van der Waals surface area (Å²) in [6.07, 6.45) is 0. The number of ether oxygens (including phenoxy) is 2. The third-order valence-electron chi connectivity index (χ3n) is 4.88. The van der Waals surface area contributed by atoms with E-state index in [0.717, 1.165) is 0 Å². The fourth-order valence-corrected chi connectivity index (χ4v) is 3.51. The molecule has 0 radical (unpaired) electrons. The van der Waals surface area contributed by atoms with Crippen LogP contribution in [0.4, 0.5) is 10.1 Å². The van der Waals surface area contributed by atoms with Crippen LogP contribution >= 0.6 is 11.6 Å². The molecule has 2 aromatic carbocycles. The molecule has 1 aliphatic rings. The Kier molecular flexibility index (Phi) is 7.12.